The first-order valence-electron chi connectivity index (χ1n) is 6.74. The Kier molecular flexibility index (Phi) is 5.65. The fraction of sp³-hybridized carbons (Fsp3) is 0.0625. The van der Waals surface area contributed by atoms with Crippen LogP contribution < -0.4 is 16.2 Å². The number of thiophene rings is 1. The van der Waals surface area contributed by atoms with E-state index < -0.39 is 11.8 Å². The SMILES string of the molecule is CC(=O)Nc1ccc(C(=O)NNC(=O)/C=C/c2cccs2)cc1. The van der Waals surface area contributed by atoms with Gasteiger partial charge in [0.15, 0.2) is 0 Å². The molecule has 0 unspecified atom stereocenters. The Balaban J connectivity index is 1.84. The maximum Gasteiger partial charge on any atom is 0.269 e. The van der Waals surface area contributed by atoms with Crippen molar-refractivity contribution in [2.45, 2.75) is 6.92 Å². The lowest BCUT2D eigenvalue weighted by Crippen LogP contribution is -2.40. The van der Waals surface area contributed by atoms with Gasteiger partial charge in [0.1, 0.15) is 0 Å². The van der Waals surface area contributed by atoms with Gasteiger partial charge in [-0.3, -0.25) is 25.2 Å². The third-order valence-electron chi connectivity index (χ3n) is 2.71. The highest BCUT2D eigenvalue weighted by atomic mass is 32.1. The number of hydrazine groups is 1. The maximum absolute atomic E-state index is 11.9. The predicted molar refractivity (Wildman–Crippen MR) is 89.7 cm³/mol. The van der Waals surface area contributed by atoms with Gasteiger partial charge in [-0.25, -0.2) is 0 Å². The first-order valence-corrected chi connectivity index (χ1v) is 7.62. The summed E-state index contributed by atoms with van der Waals surface area (Å²) in [5, 5.41) is 4.51. The fourth-order valence-electron chi connectivity index (χ4n) is 1.68. The van der Waals surface area contributed by atoms with Crippen molar-refractivity contribution in [1.82, 2.24) is 10.9 Å². The summed E-state index contributed by atoms with van der Waals surface area (Å²) in [6, 6.07) is 10.1. The molecule has 3 amide bonds. The standard InChI is InChI=1S/C16H15N3O3S/c1-11(20)17-13-6-4-12(5-7-13)16(22)19-18-15(21)9-8-14-3-2-10-23-14/h2-10H,1H3,(H,17,20)(H,18,21)(H,19,22)/b9-8+. The second-order valence-electron chi connectivity index (χ2n) is 4.55. The summed E-state index contributed by atoms with van der Waals surface area (Å²) in [4.78, 5) is 35.3. The molecule has 0 aliphatic carbocycles. The molecule has 0 aliphatic rings. The van der Waals surface area contributed by atoms with Crippen molar-refractivity contribution in [2.24, 2.45) is 0 Å². The Morgan fingerprint density at radius 2 is 1.78 bits per heavy atom. The van der Waals surface area contributed by atoms with Gasteiger partial charge in [-0.15, -0.1) is 11.3 Å². The van der Waals surface area contributed by atoms with Crippen molar-refractivity contribution in [2.75, 3.05) is 5.32 Å². The number of hydrogen-bond acceptors (Lipinski definition) is 4. The number of rotatable bonds is 4. The van der Waals surface area contributed by atoms with Crippen LogP contribution in [0.15, 0.2) is 47.9 Å². The van der Waals surface area contributed by atoms with Gasteiger partial charge in [0, 0.05) is 29.1 Å². The van der Waals surface area contributed by atoms with E-state index in [1.54, 1.807) is 30.3 Å². The van der Waals surface area contributed by atoms with E-state index in [4.69, 9.17) is 0 Å². The zero-order valence-electron chi connectivity index (χ0n) is 12.3. The number of benzene rings is 1. The molecule has 0 bridgehead atoms. The highest BCUT2D eigenvalue weighted by molar-refractivity contribution is 7.10. The molecule has 7 heteroatoms. The molecular formula is C16H15N3O3S. The number of amides is 3. The van der Waals surface area contributed by atoms with Crippen molar-refractivity contribution in [1.29, 1.82) is 0 Å². The Morgan fingerprint density at radius 3 is 2.39 bits per heavy atom. The molecular weight excluding hydrogens is 314 g/mol. The van der Waals surface area contributed by atoms with Crippen molar-refractivity contribution in [3.05, 3.63) is 58.3 Å². The van der Waals surface area contributed by atoms with Crippen LogP contribution in [0.2, 0.25) is 0 Å². The molecule has 0 atom stereocenters. The van der Waals surface area contributed by atoms with Gasteiger partial charge in [0.05, 0.1) is 0 Å². The average molecular weight is 329 g/mol. The maximum atomic E-state index is 11.9. The van der Waals surface area contributed by atoms with E-state index in [-0.39, 0.29) is 5.91 Å². The Labute approximate surface area is 137 Å². The van der Waals surface area contributed by atoms with Crippen LogP contribution in [-0.2, 0) is 9.59 Å². The number of anilines is 1. The lowest BCUT2D eigenvalue weighted by atomic mass is 10.2. The molecule has 1 heterocycles. The summed E-state index contributed by atoms with van der Waals surface area (Å²) in [6.07, 6.45) is 3.00. The largest absolute Gasteiger partial charge is 0.326 e. The molecule has 2 aromatic rings. The molecule has 6 nitrogen and oxygen atoms in total. The van der Waals surface area contributed by atoms with E-state index in [0.29, 0.717) is 11.3 Å². The van der Waals surface area contributed by atoms with Gasteiger partial charge in [-0.1, -0.05) is 6.07 Å². The third-order valence-corrected chi connectivity index (χ3v) is 3.55. The first-order chi connectivity index (χ1) is 11.0. The van der Waals surface area contributed by atoms with Crippen LogP contribution in [0.4, 0.5) is 5.69 Å². The predicted octanol–water partition coefficient (Wildman–Crippen LogP) is 2.18. The summed E-state index contributed by atoms with van der Waals surface area (Å²) < 4.78 is 0. The van der Waals surface area contributed by atoms with Crippen LogP contribution in [-0.4, -0.2) is 17.7 Å². The van der Waals surface area contributed by atoms with Gasteiger partial charge in [0.25, 0.3) is 11.8 Å². The van der Waals surface area contributed by atoms with Crippen LogP contribution in [0.5, 0.6) is 0 Å². The van der Waals surface area contributed by atoms with Crippen LogP contribution in [0.25, 0.3) is 6.08 Å². The van der Waals surface area contributed by atoms with Gasteiger partial charge >= 0.3 is 0 Å². The lowest BCUT2D eigenvalue weighted by molar-refractivity contribution is -0.117. The fourth-order valence-corrected chi connectivity index (χ4v) is 2.30. The molecule has 0 saturated carbocycles. The minimum absolute atomic E-state index is 0.188. The van der Waals surface area contributed by atoms with Crippen molar-refractivity contribution in [3.8, 4) is 0 Å². The summed E-state index contributed by atoms with van der Waals surface area (Å²) in [6.45, 7) is 1.40. The van der Waals surface area contributed by atoms with Crippen LogP contribution in [0, 0.1) is 0 Å². The molecule has 1 aromatic carbocycles. The third kappa shape index (κ3) is 5.40. The minimum Gasteiger partial charge on any atom is -0.326 e. The van der Waals surface area contributed by atoms with Crippen LogP contribution in [0.1, 0.15) is 22.2 Å². The Morgan fingerprint density at radius 1 is 1.04 bits per heavy atom. The average Bonchev–Trinajstić information content (AvgIpc) is 3.04. The number of carbonyl (C=O) groups is 3. The topological polar surface area (TPSA) is 87.3 Å². The smallest absolute Gasteiger partial charge is 0.269 e. The zero-order valence-corrected chi connectivity index (χ0v) is 13.1. The highest BCUT2D eigenvalue weighted by Gasteiger charge is 2.06. The van der Waals surface area contributed by atoms with E-state index >= 15 is 0 Å². The van der Waals surface area contributed by atoms with E-state index in [1.165, 1.54) is 24.3 Å². The molecule has 0 saturated heterocycles. The van der Waals surface area contributed by atoms with Gasteiger partial charge < -0.3 is 5.32 Å². The molecule has 0 fully saturated rings. The molecule has 23 heavy (non-hydrogen) atoms. The van der Waals surface area contributed by atoms with E-state index in [9.17, 15) is 14.4 Å². The molecule has 0 aliphatic heterocycles. The molecule has 0 radical (unpaired) electrons. The van der Waals surface area contributed by atoms with Crippen molar-refractivity contribution >= 4 is 40.8 Å². The molecule has 2 rings (SSSR count). The first kappa shape index (κ1) is 16.4. The number of hydrogen-bond donors (Lipinski definition) is 3. The second kappa shape index (κ2) is 7.90. The van der Waals surface area contributed by atoms with Crippen LogP contribution in [0.3, 0.4) is 0 Å². The lowest BCUT2D eigenvalue weighted by Gasteiger charge is -2.06. The normalized spacial score (nSPS) is 10.3. The van der Waals surface area contributed by atoms with E-state index in [0.717, 1.165) is 4.88 Å². The van der Waals surface area contributed by atoms with E-state index in [1.807, 2.05) is 17.5 Å². The quantitative estimate of drug-likeness (QED) is 0.593. The number of nitrogens with one attached hydrogen (secondary N) is 3. The van der Waals surface area contributed by atoms with Gasteiger partial charge in [-0.2, -0.15) is 0 Å². The van der Waals surface area contributed by atoms with Crippen molar-refractivity contribution < 1.29 is 14.4 Å². The van der Waals surface area contributed by atoms with Crippen LogP contribution >= 0.6 is 11.3 Å². The van der Waals surface area contributed by atoms with E-state index in [2.05, 4.69) is 16.2 Å². The molecule has 3 N–H and O–H groups in total. The van der Waals surface area contributed by atoms with Gasteiger partial charge in [-0.05, 0) is 41.8 Å². The summed E-state index contributed by atoms with van der Waals surface area (Å²) in [7, 11) is 0. The Bertz CT molecular complexity index is 722. The monoisotopic (exact) mass is 329 g/mol. The molecule has 1 aromatic heterocycles. The second-order valence-corrected chi connectivity index (χ2v) is 5.53. The Hall–Kier alpha value is -2.93. The van der Waals surface area contributed by atoms with Gasteiger partial charge in [0.2, 0.25) is 5.91 Å². The minimum atomic E-state index is -0.447. The number of carbonyl (C=O) groups excluding carboxylic acids is 3. The molecule has 118 valence electrons. The molecule has 0 spiro atoms. The summed E-state index contributed by atoms with van der Waals surface area (Å²) in [5.41, 5.74) is 5.57. The summed E-state index contributed by atoms with van der Waals surface area (Å²) >= 11 is 1.51. The zero-order chi connectivity index (χ0) is 16.7. The van der Waals surface area contributed by atoms with Crippen molar-refractivity contribution in [3.63, 3.8) is 0 Å². The summed E-state index contributed by atoms with van der Waals surface area (Å²) in [5.74, 6) is -1.06. The highest BCUT2D eigenvalue weighted by Crippen LogP contribution is 2.10.